The van der Waals surface area contributed by atoms with E-state index < -0.39 is 70.0 Å². The summed E-state index contributed by atoms with van der Waals surface area (Å²) in [6.45, 7) is 16.0. The van der Waals surface area contributed by atoms with Crippen LogP contribution in [0, 0.1) is 59.2 Å². The number of hydrogen-bond acceptors (Lipinski definition) is 13. The van der Waals surface area contributed by atoms with Crippen LogP contribution in [-0.4, -0.2) is 113 Å². The van der Waals surface area contributed by atoms with Crippen LogP contribution in [0.3, 0.4) is 0 Å². The molecule has 3 fully saturated rings. The number of carbonyl (C=O) groups is 5. The molecule has 16 nitrogen and oxygen atoms in total. The van der Waals surface area contributed by atoms with Crippen LogP contribution in [0.25, 0.3) is 0 Å². The lowest BCUT2D eigenvalue weighted by atomic mass is 9.79. The molecule has 2 atom stereocenters. The Morgan fingerprint density at radius 3 is 1.53 bits per heavy atom. The van der Waals surface area contributed by atoms with E-state index in [-0.39, 0.29) is 24.0 Å². The first-order valence-corrected chi connectivity index (χ1v) is 24.1. The zero-order chi connectivity index (χ0) is 53.5. The fourth-order valence-corrected chi connectivity index (χ4v) is 8.16. The molecular weight excluding hydrogens is 921 g/mol. The van der Waals surface area contributed by atoms with E-state index >= 15 is 0 Å². The van der Waals surface area contributed by atoms with Crippen LogP contribution in [-0.2, 0) is 33.3 Å². The third-order valence-corrected chi connectivity index (χ3v) is 12.4. The number of aliphatic hydroxyl groups is 2. The van der Waals surface area contributed by atoms with Gasteiger partial charge in [-0.15, -0.1) is 0 Å². The van der Waals surface area contributed by atoms with Crippen LogP contribution >= 0.6 is 0 Å². The van der Waals surface area contributed by atoms with Gasteiger partial charge in [-0.3, -0.25) is 9.59 Å². The van der Waals surface area contributed by atoms with Crippen LogP contribution in [0.1, 0.15) is 146 Å². The lowest BCUT2D eigenvalue weighted by Gasteiger charge is -2.34. The molecule has 0 unspecified atom stereocenters. The van der Waals surface area contributed by atoms with Crippen molar-refractivity contribution in [3.63, 3.8) is 0 Å². The fourth-order valence-electron chi connectivity index (χ4n) is 8.16. The Morgan fingerprint density at radius 1 is 0.708 bits per heavy atom. The Kier molecular flexibility index (Phi) is 20.1. The molecule has 1 spiro atoms. The zero-order valence-corrected chi connectivity index (χ0v) is 43.6. The van der Waals surface area contributed by atoms with Gasteiger partial charge in [0.15, 0.2) is 5.79 Å². The van der Waals surface area contributed by atoms with E-state index in [0.29, 0.717) is 41.7 Å². The van der Waals surface area contributed by atoms with E-state index in [2.05, 4.69) is 63.3 Å². The summed E-state index contributed by atoms with van der Waals surface area (Å²) in [6.07, 6.45) is 5.60. The number of amides is 3. The first kappa shape index (κ1) is 58.2. The molecule has 2 aliphatic carbocycles. The van der Waals surface area contributed by atoms with Gasteiger partial charge in [0.25, 0.3) is 11.8 Å². The largest absolute Gasteiger partial charge is 0.467 e. The minimum atomic E-state index is -1.21. The smallest absolute Gasteiger partial charge is 0.408 e. The highest BCUT2D eigenvalue weighted by molar-refractivity contribution is 5.98. The molecule has 388 valence electrons. The van der Waals surface area contributed by atoms with Crippen LogP contribution < -0.4 is 21.7 Å². The second kappa shape index (κ2) is 24.8. The van der Waals surface area contributed by atoms with Gasteiger partial charge in [0, 0.05) is 39.6 Å². The molecule has 5 rings (SSSR count). The van der Waals surface area contributed by atoms with Crippen LogP contribution in [0.2, 0.25) is 0 Å². The van der Waals surface area contributed by atoms with Gasteiger partial charge in [-0.05, 0) is 186 Å². The number of esters is 2. The molecule has 0 bridgehead atoms. The van der Waals surface area contributed by atoms with Crippen LogP contribution in [0.15, 0.2) is 48.5 Å². The molecule has 16 heteroatoms. The number of alkyl carbamates (subject to hydrolysis) is 1. The number of benzene rings is 2. The second-order valence-electron chi connectivity index (χ2n) is 21.1. The van der Waals surface area contributed by atoms with Crippen molar-refractivity contribution in [2.24, 2.45) is 17.6 Å². The van der Waals surface area contributed by atoms with Gasteiger partial charge in [-0.25, -0.2) is 14.4 Å². The summed E-state index contributed by atoms with van der Waals surface area (Å²) < 4.78 is 26.8. The van der Waals surface area contributed by atoms with E-state index in [1.807, 2.05) is 13.8 Å². The topological polar surface area (TPSA) is 234 Å². The highest BCUT2D eigenvalue weighted by Crippen LogP contribution is 2.42. The van der Waals surface area contributed by atoms with Crippen molar-refractivity contribution in [1.29, 1.82) is 0 Å². The van der Waals surface area contributed by atoms with Gasteiger partial charge in [-0.2, -0.15) is 0 Å². The van der Waals surface area contributed by atoms with Crippen molar-refractivity contribution in [2.75, 3.05) is 27.4 Å². The van der Waals surface area contributed by atoms with E-state index in [1.165, 1.54) is 14.2 Å². The van der Waals surface area contributed by atoms with Crippen molar-refractivity contribution in [3.8, 4) is 47.4 Å². The molecule has 0 radical (unpaired) electrons. The SMILES string of the molecule is COC(=O)[C@@H](NC(=O)c1ccc(C#CC#CC2CCC(O)(CO)CC2)cc1)C(C)(C)N.COC(=O)[C@@H](NC(=O)c1ccc(C#CC#CC2CCC3(CC2)COC(C)(C)O3)cc1)C(C)(C)NC(=O)OC(C)(C)C. The van der Waals surface area contributed by atoms with E-state index in [9.17, 15) is 34.2 Å². The fraction of sp³-hybridized carbons (Fsp3) is 0.554. The maximum atomic E-state index is 13.0. The summed E-state index contributed by atoms with van der Waals surface area (Å²) in [7, 11) is 2.46. The monoisotopic (exact) mass is 993 g/mol. The Morgan fingerprint density at radius 2 is 1.14 bits per heavy atom. The first-order chi connectivity index (χ1) is 33.6. The molecule has 1 saturated heterocycles. The molecule has 3 amide bonds. The molecule has 2 aromatic rings. The highest BCUT2D eigenvalue weighted by atomic mass is 16.8. The zero-order valence-electron chi connectivity index (χ0n) is 43.6. The molecule has 2 aromatic carbocycles. The van der Waals surface area contributed by atoms with Crippen molar-refractivity contribution in [3.05, 3.63) is 70.8 Å². The Labute approximate surface area is 424 Å². The normalized spacial score (nSPS) is 22.0. The van der Waals surface area contributed by atoms with E-state index in [1.54, 1.807) is 97.0 Å². The van der Waals surface area contributed by atoms with Gasteiger partial charge in [0.05, 0.1) is 44.2 Å². The summed E-state index contributed by atoms with van der Waals surface area (Å²) in [5.74, 6) is 21.5. The number of aliphatic hydroxyl groups excluding tert-OH is 1. The molecule has 0 aromatic heterocycles. The molecular formula is C56H72N4O12. The Balaban J connectivity index is 0.000000325. The average Bonchev–Trinajstić information content (AvgIpc) is 3.62. The number of hydrogen-bond donors (Lipinski definition) is 6. The average molecular weight is 993 g/mol. The number of rotatable bonds is 10. The number of ether oxygens (including phenoxy) is 5. The van der Waals surface area contributed by atoms with Crippen molar-refractivity contribution >= 4 is 29.8 Å². The molecule has 7 N–H and O–H groups in total. The van der Waals surface area contributed by atoms with Gasteiger partial charge < -0.3 is 55.6 Å². The molecule has 1 aliphatic heterocycles. The molecule has 72 heavy (non-hydrogen) atoms. The maximum Gasteiger partial charge on any atom is 0.408 e. The van der Waals surface area contributed by atoms with Gasteiger partial charge >= 0.3 is 18.0 Å². The van der Waals surface area contributed by atoms with Gasteiger partial charge in [-0.1, -0.05) is 23.7 Å². The Bertz CT molecular complexity index is 2490. The minimum Gasteiger partial charge on any atom is -0.467 e. The highest BCUT2D eigenvalue weighted by Gasteiger charge is 2.47. The van der Waals surface area contributed by atoms with Crippen molar-refractivity contribution in [2.45, 2.75) is 159 Å². The number of methoxy groups -OCH3 is 2. The van der Waals surface area contributed by atoms with Crippen molar-refractivity contribution < 1.29 is 57.9 Å². The summed E-state index contributed by atoms with van der Waals surface area (Å²) in [4.78, 5) is 62.2. The molecule has 2 saturated carbocycles. The minimum absolute atomic E-state index is 0.168. The van der Waals surface area contributed by atoms with E-state index in [0.717, 1.165) is 38.5 Å². The quantitative estimate of drug-likeness (QED) is 0.101. The molecule has 1 heterocycles. The van der Waals surface area contributed by atoms with E-state index in [4.69, 9.17) is 29.4 Å². The lowest BCUT2D eigenvalue weighted by molar-refractivity contribution is -0.168. The van der Waals surface area contributed by atoms with Crippen LogP contribution in [0.5, 0.6) is 0 Å². The summed E-state index contributed by atoms with van der Waals surface area (Å²) in [5.41, 5.74) is 4.02. The standard InChI is InChI=1S/C32H42N2O7.C24H30N2O5/c1-29(2,3)40-28(37)34-30(4,5)25(27(36)38-8)33-26(35)24-15-13-22(14-16-24)11-9-10-12-23-17-19-32(20-18-23)21-39-31(6,7)41-32;1-23(2,25)20(22(29)31-3)26-21(28)19-10-8-17(9-11-19)6-4-5-7-18-12-14-24(30,16-27)15-13-18/h13-16,23,25H,17-21H2,1-8H3,(H,33,35)(H,34,37);8-11,18,20,27,30H,12-16,25H2,1-3H3,(H,26,28)/t23?,25-,32?;18?,20-,24?/m11/s1. The second-order valence-corrected chi connectivity index (χ2v) is 21.1. The molecule has 3 aliphatic rings. The number of carbonyl (C=O) groups excluding carboxylic acids is 5. The predicted molar refractivity (Wildman–Crippen MR) is 270 cm³/mol. The maximum absolute atomic E-state index is 13.0. The summed E-state index contributed by atoms with van der Waals surface area (Å²) in [6, 6.07) is 11.1. The summed E-state index contributed by atoms with van der Waals surface area (Å²) in [5, 5.41) is 27.1. The third-order valence-electron chi connectivity index (χ3n) is 12.4. The summed E-state index contributed by atoms with van der Waals surface area (Å²) >= 11 is 0. The predicted octanol–water partition coefficient (Wildman–Crippen LogP) is 5.29. The lowest BCUT2D eigenvalue weighted by Crippen LogP contribution is -2.62. The Hall–Kier alpha value is -6.37. The van der Waals surface area contributed by atoms with Gasteiger partial charge in [0.2, 0.25) is 0 Å². The van der Waals surface area contributed by atoms with Crippen molar-refractivity contribution in [1.82, 2.24) is 16.0 Å². The number of nitrogens with one attached hydrogen (secondary N) is 3. The van der Waals surface area contributed by atoms with Gasteiger partial charge in [0.1, 0.15) is 17.7 Å². The van der Waals surface area contributed by atoms with Crippen LogP contribution in [0.4, 0.5) is 4.79 Å². The third kappa shape index (κ3) is 18.0. The first-order valence-electron chi connectivity index (χ1n) is 24.1. The number of nitrogens with two attached hydrogens (primary N) is 1.